The van der Waals surface area contributed by atoms with Crippen molar-refractivity contribution in [2.75, 3.05) is 6.61 Å². The molecule has 0 bridgehead atoms. The number of nitrogens with zero attached hydrogens (tertiary/aromatic N) is 1. The highest BCUT2D eigenvalue weighted by atomic mass is 16.5. The third-order valence-corrected chi connectivity index (χ3v) is 3.76. The molecule has 0 aromatic heterocycles. The molecule has 1 aliphatic heterocycles. The Hall–Kier alpha value is -1.08. The number of ether oxygens (including phenoxy) is 1. The molecule has 0 radical (unpaired) electrons. The van der Waals surface area contributed by atoms with Gasteiger partial charge in [-0.1, -0.05) is 25.7 Å². The van der Waals surface area contributed by atoms with Crippen LogP contribution >= 0.6 is 0 Å². The summed E-state index contributed by atoms with van der Waals surface area (Å²) < 4.78 is 5.36. The molecule has 2 rings (SSSR count). The van der Waals surface area contributed by atoms with E-state index < -0.39 is 5.54 Å². The summed E-state index contributed by atoms with van der Waals surface area (Å²) in [5, 5.41) is 12.3. The second-order valence-electron chi connectivity index (χ2n) is 5.10. The molecule has 1 saturated heterocycles. The molecule has 1 N–H and O–H groups in total. The van der Waals surface area contributed by atoms with Gasteiger partial charge in [0.2, 0.25) is 5.91 Å². The van der Waals surface area contributed by atoms with Crippen molar-refractivity contribution in [3.05, 3.63) is 0 Å². The lowest BCUT2D eigenvalue weighted by Gasteiger charge is -2.27. The molecule has 2 aliphatic rings. The van der Waals surface area contributed by atoms with Gasteiger partial charge in [-0.05, 0) is 25.7 Å². The smallest absolute Gasteiger partial charge is 0.250 e. The Morgan fingerprint density at radius 3 is 2.47 bits per heavy atom. The molecular weight excluding hydrogens is 216 g/mol. The molecule has 4 heteroatoms. The van der Waals surface area contributed by atoms with Gasteiger partial charge in [0, 0.05) is 6.61 Å². The zero-order valence-corrected chi connectivity index (χ0v) is 10.2. The highest BCUT2D eigenvalue weighted by Crippen LogP contribution is 2.27. The van der Waals surface area contributed by atoms with Gasteiger partial charge in [0.05, 0.1) is 6.07 Å². The van der Waals surface area contributed by atoms with Crippen molar-refractivity contribution in [2.24, 2.45) is 0 Å². The Morgan fingerprint density at radius 1 is 1.24 bits per heavy atom. The Kier molecular flexibility index (Phi) is 4.01. The second kappa shape index (κ2) is 5.50. The highest BCUT2D eigenvalue weighted by molar-refractivity contribution is 5.82. The van der Waals surface area contributed by atoms with E-state index in [0.29, 0.717) is 6.61 Å². The molecule has 0 aromatic carbocycles. The molecule has 1 saturated carbocycles. The van der Waals surface area contributed by atoms with E-state index in [1.54, 1.807) is 0 Å². The van der Waals surface area contributed by atoms with E-state index in [-0.39, 0.29) is 12.0 Å². The molecule has 1 aliphatic carbocycles. The van der Waals surface area contributed by atoms with Gasteiger partial charge in [0.1, 0.15) is 11.6 Å². The summed E-state index contributed by atoms with van der Waals surface area (Å²) in [6.07, 6.45) is 7.34. The van der Waals surface area contributed by atoms with E-state index in [0.717, 1.165) is 38.5 Å². The van der Waals surface area contributed by atoms with Crippen LogP contribution in [0.1, 0.15) is 51.4 Å². The second-order valence-corrected chi connectivity index (χ2v) is 5.10. The van der Waals surface area contributed by atoms with Gasteiger partial charge in [-0.25, -0.2) is 0 Å². The van der Waals surface area contributed by atoms with Crippen LogP contribution in [0.25, 0.3) is 0 Å². The minimum absolute atomic E-state index is 0.0917. The first-order valence-corrected chi connectivity index (χ1v) is 6.61. The highest BCUT2D eigenvalue weighted by Gasteiger charge is 2.35. The lowest BCUT2D eigenvalue weighted by Crippen LogP contribution is -2.50. The van der Waals surface area contributed by atoms with E-state index in [1.165, 1.54) is 12.8 Å². The maximum atomic E-state index is 12.0. The van der Waals surface area contributed by atoms with Crippen LogP contribution in [-0.2, 0) is 9.53 Å². The lowest BCUT2D eigenvalue weighted by atomic mass is 9.91. The van der Waals surface area contributed by atoms with Crippen molar-refractivity contribution in [2.45, 2.75) is 63.0 Å². The molecule has 1 amide bonds. The molecule has 0 spiro atoms. The number of carbonyl (C=O) groups excluding carboxylic acids is 1. The van der Waals surface area contributed by atoms with Gasteiger partial charge in [-0.2, -0.15) is 5.26 Å². The van der Waals surface area contributed by atoms with Crippen molar-refractivity contribution >= 4 is 5.91 Å². The third-order valence-electron chi connectivity index (χ3n) is 3.76. The zero-order valence-electron chi connectivity index (χ0n) is 10.2. The summed E-state index contributed by atoms with van der Waals surface area (Å²) in [5.74, 6) is -0.0917. The summed E-state index contributed by atoms with van der Waals surface area (Å²) in [7, 11) is 0. The van der Waals surface area contributed by atoms with Crippen molar-refractivity contribution in [1.29, 1.82) is 5.26 Å². The predicted molar refractivity (Wildman–Crippen MR) is 63.2 cm³/mol. The Labute approximate surface area is 102 Å². The fourth-order valence-electron chi connectivity index (χ4n) is 2.70. The standard InChI is InChI=1S/C13H20N2O2/c14-10-13(7-3-1-2-4-8-13)15-12(16)11-6-5-9-17-11/h11H,1-9H2,(H,15,16). The minimum Gasteiger partial charge on any atom is -0.368 e. The minimum atomic E-state index is -0.639. The first-order valence-electron chi connectivity index (χ1n) is 6.61. The summed E-state index contributed by atoms with van der Waals surface area (Å²) >= 11 is 0. The zero-order chi connectivity index (χ0) is 12.1. The first-order chi connectivity index (χ1) is 8.26. The van der Waals surface area contributed by atoms with Crippen molar-refractivity contribution in [3.63, 3.8) is 0 Å². The topological polar surface area (TPSA) is 62.1 Å². The molecule has 2 fully saturated rings. The van der Waals surface area contributed by atoms with Crippen LogP contribution in [0.4, 0.5) is 0 Å². The van der Waals surface area contributed by atoms with Gasteiger partial charge in [0.25, 0.3) is 0 Å². The van der Waals surface area contributed by atoms with E-state index in [9.17, 15) is 10.1 Å². The van der Waals surface area contributed by atoms with Crippen LogP contribution in [0.3, 0.4) is 0 Å². The van der Waals surface area contributed by atoms with Crippen molar-refractivity contribution < 1.29 is 9.53 Å². The molecule has 17 heavy (non-hydrogen) atoms. The quantitative estimate of drug-likeness (QED) is 0.745. The Bertz CT molecular complexity index is 308. The molecule has 94 valence electrons. The van der Waals surface area contributed by atoms with Crippen LogP contribution in [-0.4, -0.2) is 24.2 Å². The molecule has 4 nitrogen and oxygen atoms in total. The number of hydrogen-bond acceptors (Lipinski definition) is 3. The normalized spacial score (nSPS) is 28.1. The lowest BCUT2D eigenvalue weighted by molar-refractivity contribution is -0.131. The average molecular weight is 236 g/mol. The summed E-state index contributed by atoms with van der Waals surface area (Å²) in [6.45, 7) is 0.664. The number of amides is 1. The number of carbonyl (C=O) groups is 1. The number of rotatable bonds is 2. The Balaban J connectivity index is 1.97. The molecule has 1 unspecified atom stereocenters. The number of nitriles is 1. The molecule has 1 heterocycles. The Morgan fingerprint density at radius 2 is 1.94 bits per heavy atom. The van der Waals surface area contributed by atoms with E-state index in [2.05, 4.69) is 11.4 Å². The molecule has 0 aromatic rings. The summed E-state index contributed by atoms with van der Waals surface area (Å²) in [4.78, 5) is 12.0. The largest absolute Gasteiger partial charge is 0.368 e. The van der Waals surface area contributed by atoms with Crippen LogP contribution < -0.4 is 5.32 Å². The van der Waals surface area contributed by atoms with Crippen LogP contribution in [0.5, 0.6) is 0 Å². The first kappa shape index (κ1) is 12.4. The van der Waals surface area contributed by atoms with Crippen LogP contribution in [0.2, 0.25) is 0 Å². The number of hydrogen-bond donors (Lipinski definition) is 1. The monoisotopic (exact) mass is 236 g/mol. The summed E-state index contributed by atoms with van der Waals surface area (Å²) in [5.41, 5.74) is -0.639. The van der Waals surface area contributed by atoms with Crippen LogP contribution in [0, 0.1) is 11.3 Å². The van der Waals surface area contributed by atoms with Gasteiger partial charge < -0.3 is 10.1 Å². The maximum absolute atomic E-state index is 12.0. The SMILES string of the molecule is N#CC1(NC(=O)C2CCCO2)CCCCCC1. The van der Waals surface area contributed by atoms with Gasteiger partial charge in [-0.3, -0.25) is 4.79 Å². The molecular formula is C13H20N2O2. The number of nitrogens with one attached hydrogen (secondary N) is 1. The van der Waals surface area contributed by atoms with E-state index in [4.69, 9.17) is 4.74 Å². The molecule has 1 atom stereocenters. The fraction of sp³-hybridized carbons (Fsp3) is 0.846. The van der Waals surface area contributed by atoms with Crippen molar-refractivity contribution in [3.8, 4) is 6.07 Å². The van der Waals surface area contributed by atoms with E-state index in [1.807, 2.05) is 0 Å². The summed E-state index contributed by atoms with van der Waals surface area (Å²) in [6, 6.07) is 2.32. The third kappa shape index (κ3) is 2.98. The van der Waals surface area contributed by atoms with Crippen LogP contribution in [0.15, 0.2) is 0 Å². The fourth-order valence-corrected chi connectivity index (χ4v) is 2.70. The van der Waals surface area contributed by atoms with Gasteiger partial charge >= 0.3 is 0 Å². The van der Waals surface area contributed by atoms with Gasteiger partial charge in [-0.15, -0.1) is 0 Å². The average Bonchev–Trinajstić information content (AvgIpc) is 2.78. The van der Waals surface area contributed by atoms with Crippen molar-refractivity contribution in [1.82, 2.24) is 5.32 Å². The maximum Gasteiger partial charge on any atom is 0.250 e. The van der Waals surface area contributed by atoms with Gasteiger partial charge in [0.15, 0.2) is 0 Å². The van der Waals surface area contributed by atoms with E-state index >= 15 is 0 Å². The predicted octanol–water partition coefficient (Wildman–Crippen LogP) is 1.90.